The summed E-state index contributed by atoms with van der Waals surface area (Å²) in [4.78, 5) is 2.56. The molecule has 0 saturated carbocycles. The van der Waals surface area contributed by atoms with Gasteiger partial charge in [0, 0.05) is 37.4 Å². The van der Waals surface area contributed by atoms with Crippen LogP contribution in [0.3, 0.4) is 0 Å². The van der Waals surface area contributed by atoms with Crippen LogP contribution in [-0.2, 0) is 17.8 Å². The number of hydrogen-bond acceptors (Lipinski definition) is 5. The molecule has 2 aliphatic heterocycles. The van der Waals surface area contributed by atoms with Crippen molar-refractivity contribution >= 4 is 0 Å². The van der Waals surface area contributed by atoms with Gasteiger partial charge < -0.3 is 15.2 Å². The van der Waals surface area contributed by atoms with Crippen LogP contribution < -0.4 is 5.32 Å². The summed E-state index contributed by atoms with van der Waals surface area (Å²) < 4.78 is 7.68. The van der Waals surface area contributed by atoms with Gasteiger partial charge in [-0.3, -0.25) is 9.58 Å². The highest BCUT2D eigenvalue weighted by Gasteiger charge is 2.31. The summed E-state index contributed by atoms with van der Waals surface area (Å²) in [5.41, 5.74) is 1.15. The highest BCUT2D eigenvalue weighted by Crippen LogP contribution is 2.22. The minimum absolute atomic E-state index is 0.126. The van der Waals surface area contributed by atoms with Crippen LogP contribution in [0.15, 0.2) is 12.4 Å². The molecule has 6 nitrogen and oxygen atoms in total. The van der Waals surface area contributed by atoms with E-state index in [9.17, 15) is 0 Å². The van der Waals surface area contributed by atoms with E-state index in [0.29, 0.717) is 18.7 Å². The Labute approximate surface area is 119 Å². The molecule has 20 heavy (non-hydrogen) atoms. The second-order valence-electron chi connectivity index (χ2n) is 5.71. The van der Waals surface area contributed by atoms with Gasteiger partial charge in [0.1, 0.15) is 0 Å². The molecule has 2 saturated heterocycles. The Balaban J connectivity index is 1.38. The van der Waals surface area contributed by atoms with Crippen LogP contribution in [0, 0.1) is 0 Å². The molecule has 0 aromatic carbocycles. The first-order chi connectivity index (χ1) is 9.85. The summed E-state index contributed by atoms with van der Waals surface area (Å²) >= 11 is 0. The number of nitrogens with one attached hydrogen (secondary N) is 1. The van der Waals surface area contributed by atoms with Crippen LogP contribution in [-0.4, -0.2) is 64.8 Å². The van der Waals surface area contributed by atoms with Crippen LogP contribution in [0.4, 0.5) is 0 Å². The van der Waals surface area contributed by atoms with E-state index in [0.717, 1.165) is 31.8 Å². The lowest BCUT2D eigenvalue weighted by Crippen LogP contribution is -2.49. The molecule has 6 heteroatoms. The Morgan fingerprint density at radius 2 is 2.45 bits per heavy atom. The topological polar surface area (TPSA) is 62.5 Å². The summed E-state index contributed by atoms with van der Waals surface area (Å²) in [6.07, 6.45) is 6.74. The van der Waals surface area contributed by atoms with Gasteiger partial charge in [-0.05, 0) is 19.4 Å². The number of fused-ring (bicyclic) bond motifs is 1. The molecular weight excluding hydrogens is 256 g/mol. The van der Waals surface area contributed by atoms with Gasteiger partial charge in [0.2, 0.25) is 0 Å². The molecule has 0 aliphatic carbocycles. The quantitative estimate of drug-likeness (QED) is 0.757. The lowest BCUT2D eigenvalue weighted by molar-refractivity contribution is -0.0470. The van der Waals surface area contributed by atoms with Crippen molar-refractivity contribution in [3.05, 3.63) is 18.0 Å². The molecule has 0 spiro atoms. The molecule has 2 atom stereocenters. The monoisotopic (exact) mass is 280 g/mol. The van der Waals surface area contributed by atoms with Gasteiger partial charge in [0.05, 0.1) is 32.1 Å². The van der Waals surface area contributed by atoms with Gasteiger partial charge in [0.15, 0.2) is 0 Å². The van der Waals surface area contributed by atoms with E-state index in [1.165, 1.54) is 19.4 Å². The van der Waals surface area contributed by atoms with Crippen molar-refractivity contribution in [2.24, 2.45) is 0 Å². The third kappa shape index (κ3) is 3.38. The fourth-order valence-corrected chi connectivity index (χ4v) is 3.11. The van der Waals surface area contributed by atoms with Gasteiger partial charge >= 0.3 is 0 Å². The molecular formula is C14H24N4O2. The molecule has 0 radical (unpaired) electrons. The first-order valence-corrected chi connectivity index (χ1v) is 7.53. The summed E-state index contributed by atoms with van der Waals surface area (Å²) in [5.74, 6) is 0. The number of aromatic nitrogens is 2. The Morgan fingerprint density at radius 1 is 1.50 bits per heavy atom. The molecule has 0 amide bonds. The third-order valence-corrected chi connectivity index (χ3v) is 4.18. The highest BCUT2D eigenvalue weighted by atomic mass is 16.5. The van der Waals surface area contributed by atoms with Gasteiger partial charge in [-0.1, -0.05) is 0 Å². The van der Waals surface area contributed by atoms with E-state index in [1.54, 1.807) is 4.68 Å². The first-order valence-electron chi connectivity index (χ1n) is 7.53. The fraction of sp³-hybridized carbons (Fsp3) is 0.786. The van der Waals surface area contributed by atoms with E-state index in [-0.39, 0.29) is 6.61 Å². The van der Waals surface area contributed by atoms with Crippen LogP contribution in [0.25, 0.3) is 0 Å². The van der Waals surface area contributed by atoms with Crippen molar-refractivity contribution in [3.63, 3.8) is 0 Å². The minimum Gasteiger partial charge on any atom is -0.394 e. The van der Waals surface area contributed by atoms with E-state index in [1.807, 2.05) is 12.4 Å². The standard InChI is InChI=1S/C14H24N4O2/c19-5-4-18-9-12(7-16-18)6-15-8-14-10-17-3-1-2-13(17)11-20-14/h7,9,13-15,19H,1-6,8,10-11H2. The third-order valence-electron chi connectivity index (χ3n) is 4.18. The number of nitrogens with zero attached hydrogens (tertiary/aromatic N) is 3. The summed E-state index contributed by atoms with van der Waals surface area (Å²) in [7, 11) is 0. The lowest BCUT2D eigenvalue weighted by atomic mass is 10.2. The molecule has 112 valence electrons. The second-order valence-corrected chi connectivity index (χ2v) is 5.71. The second kappa shape index (κ2) is 6.67. The Kier molecular flexibility index (Phi) is 4.67. The maximum absolute atomic E-state index is 8.85. The van der Waals surface area contributed by atoms with Crippen LogP contribution >= 0.6 is 0 Å². The van der Waals surface area contributed by atoms with E-state index >= 15 is 0 Å². The predicted molar refractivity (Wildman–Crippen MR) is 75.4 cm³/mol. The Hall–Kier alpha value is -0.950. The van der Waals surface area contributed by atoms with Crippen LogP contribution in [0.5, 0.6) is 0 Å². The molecule has 3 rings (SSSR count). The average Bonchev–Trinajstić information content (AvgIpc) is 3.08. The Bertz CT molecular complexity index is 423. The van der Waals surface area contributed by atoms with Crippen molar-refractivity contribution in [3.8, 4) is 0 Å². The van der Waals surface area contributed by atoms with Crippen molar-refractivity contribution < 1.29 is 9.84 Å². The maximum Gasteiger partial charge on any atom is 0.0827 e. The normalized spacial score (nSPS) is 26.9. The van der Waals surface area contributed by atoms with Crippen LogP contribution in [0.1, 0.15) is 18.4 Å². The van der Waals surface area contributed by atoms with Crippen LogP contribution in [0.2, 0.25) is 0 Å². The average molecular weight is 280 g/mol. The summed E-state index contributed by atoms with van der Waals surface area (Å²) in [6.45, 7) is 5.55. The van der Waals surface area contributed by atoms with Gasteiger partial charge in [0.25, 0.3) is 0 Å². The summed E-state index contributed by atoms with van der Waals surface area (Å²) in [5, 5.41) is 16.5. The number of ether oxygens (including phenoxy) is 1. The largest absolute Gasteiger partial charge is 0.394 e. The lowest BCUT2D eigenvalue weighted by Gasteiger charge is -2.35. The zero-order valence-electron chi connectivity index (χ0n) is 11.9. The number of morpholine rings is 1. The number of aliphatic hydroxyl groups excluding tert-OH is 1. The maximum atomic E-state index is 8.85. The van der Waals surface area contributed by atoms with Gasteiger partial charge in [-0.2, -0.15) is 5.10 Å². The number of aliphatic hydroxyl groups is 1. The van der Waals surface area contributed by atoms with Crippen molar-refractivity contribution in [1.82, 2.24) is 20.0 Å². The highest BCUT2D eigenvalue weighted by molar-refractivity contribution is 5.03. The molecule has 1 aromatic rings. The minimum atomic E-state index is 0.126. The van der Waals surface area contributed by atoms with E-state index in [2.05, 4.69) is 15.3 Å². The molecule has 2 fully saturated rings. The summed E-state index contributed by atoms with van der Waals surface area (Å²) in [6, 6.07) is 0.669. The van der Waals surface area contributed by atoms with Crippen molar-refractivity contribution in [1.29, 1.82) is 0 Å². The smallest absolute Gasteiger partial charge is 0.0827 e. The zero-order chi connectivity index (χ0) is 13.8. The SMILES string of the molecule is OCCn1cc(CNCC2CN3CCCC3CO2)cn1. The molecule has 2 unspecified atom stereocenters. The molecule has 2 aliphatic rings. The van der Waals surface area contributed by atoms with E-state index < -0.39 is 0 Å². The molecule has 1 aromatic heterocycles. The first kappa shape index (κ1) is 14.0. The van der Waals surface area contributed by atoms with Gasteiger partial charge in [-0.15, -0.1) is 0 Å². The molecule has 3 heterocycles. The predicted octanol–water partition coefficient (Wildman–Crippen LogP) is -0.172. The molecule has 0 bridgehead atoms. The van der Waals surface area contributed by atoms with E-state index in [4.69, 9.17) is 9.84 Å². The van der Waals surface area contributed by atoms with Crippen molar-refractivity contribution in [2.45, 2.75) is 38.1 Å². The number of rotatable bonds is 6. The molecule has 2 N–H and O–H groups in total. The van der Waals surface area contributed by atoms with Crippen molar-refractivity contribution in [2.75, 3.05) is 32.8 Å². The number of hydrogen-bond donors (Lipinski definition) is 2. The zero-order valence-corrected chi connectivity index (χ0v) is 11.9. The van der Waals surface area contributed by atoms with Gasteiger partial charge in [-0.25, -0.2) is 0 Å². The Morgan fingerprint density at radius 3 is 3.35 bits per heavy atom. The fourth-order valence-electron chi connectivity index (χ4n) is 3.11.